The van der Waals surface area contributed by atoms with Crippen molar-refractivity contribution in [3.63, 3.8) is 0 Å². The monoisotopic (exact) mass is 330 g/mol. The van der Waals surface area contributed by atoms with Crippen molar-refractivity contribution >= 4 is 5.97 Å². The standard InChI is InChI=1S/C21H30O3/c1-4-5-16-6-8-17(9-7-16)19-11-10-18(12-13-22)20(14-19)24-21(23)15(2)3/h10-11,14,16-17,22H,2,4-9,12-13H2,1,3H3. The van der Waals surface area contributed by atoms with Gasteiger partial charge in [-0.2, -0.15) is 0 Å². The first kappa shape index (κ1) is 18.7. The normalized spacial score (nSPS) is 20.6. The van der Waals surface area contributed by atoms with Crippen molar-refractivity contribution in [2.45, 2.75) is 64.7 Å². The van der Waals surface area contributed by atoms with Crippen molar-refractivity contribution in [3.8, 4) is 5.75 Å². The average Bonchev–Trinajstić information content (AvgIpc) is 2.57. The lowest BCUT2D eigenvalue weighted by molar-refractivity contribution is -0.130. The Balaban J connectivity index is 2.13. The predicted octanol–water partition coefficient (Wildman–Crippen LogP) is 4.78. The van der Waals surface area contributed by atoms with Gasteiger partial charge in [0.05, 0.1) is 0 Å². The van der Waals surface area contributed by atoms with Crippen LogP contribution in [0.3, 0.4) is 0 Å². The van der Waals surface area contributed by atoms with Gasteiger partial charge in [-0.05, 0) is 68.1 Å². The Morgan fingerprint density at radius 2 is 2.00 bits per heavy atom. The van der Waals surface area contributed by atoms with Gasteiger partial charge in [0.25, 0.3) is 0 Å². The van der Waals surface area contributed by atoms with E-state index in [-0.39, 0.29) is 6.61 Å². The van der Waals surface area contributed by atoms with Crippen LogP contribution in [0.2, 0.25) is 0 Å². The summed E-state index contributed by atoms with van der Waals surface area (Å²) in [4.78, 5) is 11.9. The molecular formula is C21H30O3. The molecule has 0 heterocycles. The minimum absolute atomic E-state index is 0.0408. The molecule has 0 spiro atoms. The summed E-state index contributed by atoms with van der Waals surface area (Å²) in [6.45, 7) is 7.59. The second kappa shape index (κ2) is 9.03. The van der Waals surface area contributed by atoms with Gasteiger partial charge in [-0.1, -0.05) is 38.5 Å². The molecule has 1 fully saturated rings. The van der Waals surface area contributed by atoms with Crippen LogP contribution in [-0.2, 0) is 11.2 Å². The van der Waals surface area contributed by atoms with Gasteiger partial charge in [0.15, 0.2) is 0 Å². The van der Waals surface area contributed by atoms with E-state index in [4.69, 9.17) is 4.74 Å². The summed E-state index contributed by atoms with van der Waals surface area (Å²) < 4.78 is 5.50. The highest BCUT2D eigenvalue weighted by Crippen LogP contribution is 2.39. The van der Waals surface area contributed by atoms with Gasteiger partial charge in [0.2, 0.25) is 0 Å². The number of aliphatic hydroxyl groups excluding tert-OH is 1. The average molecular weight is 330 g/mol. The first-order valence-corrected chi connectivity index (χ1v) is 9.16. The molecule has 1 N–H and O–H groups in total. The van der Waals surface area contributed by atoms with Gasteiger partial charge in [-0.25, -0.2) is 4.79 Å². The van der Waals surface area contributed by atoms with Crippen molar-refractivity contribution in [3.05, 3.63) is 41.5 Å². The van der Waals surface area contributed by atoms with Crippen LogP contribution < -0.4 is 4.74 Å². The van der Waals surface area contributed by atoms with E-state index in [0.717, 1.165) is 11.5 Å². The summed E-state index contributed by atoms with van der Waals surface area (Å²) in [5.41, 5.74) is 2.50. The van der Waals surface area contributed by atoms with E-state index in [1.165, 1.54) is 44.1 Å². The van der Waals surface area contributed by atoms with Crippen molar-refractivity contribution in [2.75, 3.05) is 6.61 Å². The molecule has 2 rings (SSSR count). The molecule has 0 saturated heterocycles. The number of esters is 1. The van der Waals surface area contributed by atoms with Crippen LogP contribution in [-0.4, -0.2) is 17.7 Å². The Labute approximate surface area is 145 Å². The molecule has 132 valence electrons. The summed E-state index contributed by atoms with van der Waals surface area (Å²) in [6.07, 6.45) is 8.09. The van der Waals surface area contributed by atoms with Crippen LogP contribution in [0, 0.1) is 5.92 Å². The molecule has 0 aromatic heterocycles. The van der Waals surface area contributed by atoms with Crippen LogP contribution in [0.4, 0.5) is 0 Å². The number of ether oxygens (including phenoxy) is 1. The minimum Gasteiger partial charge on any atom is -0.423 e. The Morgan fingerprint density at radius 3 is 2.58 bits per heavy atom. The SMILES string of the molecule is C=C(C)C(=O)Oc1cc(C2CCC(CCC)CC2)ccc1CCO. The fourth-order valence-corrected chi connectivity index (χ4v) is 3.63. The van der Waals surface area contributed by atoms with E-state index >= 15 is 0 Å². The van der Waals surface area contributed by atoms with Crippen LogP contribution in [0.1, 0.15) is 69.4 Å². The highest BCUT2D eigenvalue weighted by molar-refractivity contribution is 5.89. The zero-order valence-electron chi connectivity index (χ0n) is 15.0. The van der Waals surface area contributed by atoms with Gasteiger partial charge in [-0.15, -0.1) is 0 Å². The summed E-state index contributed by atoms with van der Waals surface area (Å²) >= 11 is 0. The van der Waals surface area contributed by atoms with E-state index in [1.807, 2.05) is 12.1 Å². The maximum absolute atomic E-state index is 11.9. The molecule has 0 radical (unpaired) electrons. The largest absolute Gasteiger partial charge is 0.423 e. The zero-order valence-corrected chi connectivity index (χ0v) is 15.0. The number of carbonyl (C=O) groups is 1. The highest BCUT2D eigenvalue weighted by atomic mass is 16.5. The molecule has 0 unspecified atom stereocenters. The lowest BCUT2D eigenvalue weighted by atomic mass is 9.77. The predicted molar refractivity (Wildman–Crippen MR) is 97.3 cm³/mol. The molecule has 1 aromatic rings. The van der Waals surface area contributed by atoms with Crippen molar-refractivity contribution in [1.82, 2.24) is 0 Å². The Bertz CT molecular complexity index is 568. The zero-order chi connectivity index (χ0) is 17.5. The molecule has 0 bridgehead atoms. The molecule has 1 aromatic carbocycles. The van der Waals surface area contributed by atoms with E-state index in [0.29, 0.717) is 23.7 Å². The molecule has 0 atom stereocenters. The fourth-order valence-electron chi connectivity index (χ4n) is 3.63. The topological polar surface area (TPSA) is 46.5 Å². The molecule has 0 aliphatic heterocycles. The third-order valence-corrected chi connectivity index (χ3v) is 5.04. The summed E-state index contributed by atoms with van der Waals surface area (Å²) in [5.74, 6) is 1.59. The van der Waals surface area contributed by atoms with Gasteiger partial charge >= 0.3 is 5.97 Å². The van der Waals surface area contributed by atoms with Gasteiger partial charge in [0.1, 0.15) is 5.75 Å². The Morgan fingerprint density at radius 1 is 1.29 bits per heavy atom. The van der Waals surface area contributed by atoms with Crippen LogP contribution in [0.25, 0.3) is 0 Å². The van der Waals surface area contributed by atoms with Gasteiger partial charge < -0.3 is 9.84 Å². The molecule has 1 saturated carbocycles. The third kappa shape index (κ3) is 4.94. The minimum atomic E-state index is -0.405. The van der Waals surface area contributed by atoms with Crippen molar-refractivity contribution in [2.24, 2.45) is 5.92 Å². The maximum Gasteiger partial charge on any atom is 0.338 e. The third-order valence-electron chi connectivity index (χ3n) is 5.04. The second-order valence-electron chi connectivity index (χ2n) is 7.02. The summed E-state index contributed by atoms with van der Waals surface area (Å²) in [6, 6.07) is 6.12. The molecule has 3 nitrogen and oxygen atoms in total. The number of hydrogen-bond donors (Lipinski definition) is 1. The highest BCUT2D eigenvalue weighted by Gasteiger charge is 2.23. The van der Waals surface area contributed by atoms with Crippen LogP contribution in [0.5, 0.6) is 5.75 Å². The lowest BCUT2D eigenvalue weighted by Gasteiger charge is -2.29. The number of benzene rings is 1. The van der Waals surface area contributed by atoms with Gasteiger partial charge in [-0.3, -0.25) is 0 Å². The number of rotatable bonds is 7. The summed E-state index contributed by atoms with van der Waals surface area (Å²) in [7, 11) is 0. The molecule has 1 aliphatic rings. The van der Waals surface area contributed by atoms with Crippen molar-refractivity contribution < 1.29 is 14.6 Å². The molecule has 1 aliphatic carbocycles. The maximum atomic E-state index is 11.9. The van der Waals surface area contributed by atoms with E-state index in [9.17, 15) is 9.90 Å². The van der Waals surface area contributed by atoms with Crippen LogP contribution in [0.15, 0.2) is 30.4 Å². The van der Waals surface area contributed by atoms with E-state index in [2.05, 4.69) is 19.6 Å². The Kier molecular flexibility index (Phi) is 7.04. The van der Waals surface area contributed by atoms with E-state index in [1.54, 1.807) is 6.92 Å². The fraction of sp³-hybridized carbons (Fsp3) is 0.571. The number of hydrogen-bond acceptors (Lipinski definition) is 3. The summed E-state index contributed by atoms with van der Waals surface area (Å²) in [5, 5.41) is 9.23. The molecular weight excluding hydrogens is 300 g/mol. The number of aliphatic hydroxyl groups is 1. The first-order valence-electron chi connectivity index (χ1n) is 9.16. The first-order chi connectivity index (χ1) is 11.5. The smallest absolute Gasteiger partial charge is 0.338 e. The second-order valence-corrected chi connectivity index (χ2v) is 7.02. The molecule has 24 heavy (non-hydrogen) atoms. The van der Waals surface area contributed by atoms with E-state index < -0.39 is 5.97 Å². The molecule has 3 heteroatoms. The molecule has 0 amide bonds. The van der Waals surface area contributed by atoms with Crippen molar-refractivity contribution in [1.29, 1.82) is 0 Å². The van der Waals surface area contributed by atoms with Crippen LogP contribution >= 0.6 is 0 Å². The Hall–Kier alpha value is -1.61. The lowest BCUT2D eigenvalue weighted by Crippen LogP contribution is -2.14. The number of carbonyl (C=O) groups excluding carboxylic acids is 1. The van der Waals surface area contributed by atoms with Gasteiger partial charge in [0, 0.05) is 12.2 Å². The quantitative estimate of drug-likeness (QED) is 0.445.